The molecule has 1 amide bonds. The van der Waals surface area contributed by atoms with E-state index >= 15 is 0 Å². The van der Waals surface area contributed by atoms with E-state index in [1.54, 1.807) is 28.9 Å². The molecule has 0 aliphatic heterocycles. The molecule has 0 saturated heterocycles. The topological polar surface area (TPSA) is 65.2 Å². The van der Waals surface area contributed by atoms with Gasteiger partial charge in [0.05, 0.1) is 12.2 Å². The quantitative estimate of drug-likeness (QED) is 0.644. The minimum Gasteiger partial charge on any atom is -0.471 e. The van der Waals surface area contributed by atoms with E-state index < -0.39 is 0 Å². The molecule has 1 aromatic carbocycles. The smallest absolute Gasteiger partial charge is 0.274 e. The number of benzene rings is 1. The van der Waals surface area contributed by atoms with E-state index in [0.717, 1.165) is 23.6 Å². The van der Waals surface area contributed by atoms with Gasteiger partial charge in [-0.1, -0.05) is 17.7 Å². The van der Waals surface area contributed by atoms with Crippen LogP contribution in [0.1, 0.15) is 34.2 Å². The molecule has 0 N–H and O–H groups in total. The van der Waals surface area contributed by atoms with Crippen LogP contribution in [-0.4, -0.2) is 37.4 Å². The maximum atomic E-state index is 12.6. The van der Waals surface area contributed by atoms with E-state index in [9.17, 15) is 4.79 Å². The number of carbonyl (C=O) groups excluding carboxylic acids is 1. The third kappa shape index (κ3) is 4.55. The molecule has 0 aliphatic rings. The van der Waals surface area contributed by atoms with Crippen LogP contribution in [0, 0.1) is 13.8 Å². The van der Waals surface area contributed by atoms with E-state index in [0.29, 0.717) is 12.2 Å². The molecule has 0 spiro atoms. The first-order valence-corrected chi connectivity index (χ1v) is 8.97. The number of hydrogen-bond donors (Lipinski definition) is 0. The van der Waals surface area contributed by atoms with Crippen LogP contribution in [0.3, 0.4) is 0 Å². The summed E-state index contributed by atoms with van der Waals surface area (Å²) >= 11 is 0. The van der Waals surface area contributed by atoms with Crippen molar-refractivity contribution in [1.82, 2.24) is 24.5 Å². The zero-order chi connectivity index (χ0) is 19.4. The van der Waals surface area contributed by atoms with Crippen molar-refractivity contribution in [2.45, 2.75) is 40.6 Å². The number of aryl methyl sites for hydroxylation is 3. The molecule has 0 unspecified atom stereocenters. The SMILES string of the molecule is CCn1ccc(CN(C)C(=O)c2ccn(COc3ccc(C)cc3C)n2)n1. The van der Waals surface area contributed by atoms with Gasteiger partial charge in [0.25, 0.3) is 5.91 Å². The maximum Gasteiger partial charge on any atom is 0.274 e. The van der Waals surface area contributed by atoms with Gasteiger partial charge in [0, 0.05) is 26.0 Å². The molecule has 2 heterocycles. The molecule has 7 heteroatoms. The van der Waals surface area contributed by atoms with Crippen molar-refractivity contribution in [3.05, 3.63) is 65.2 Å². The van der Waals surface area contributed by atoms with Gasteiger partial charge in [0.15, 0.2) is 12.4 Å². The van der Waals surface area contributed by atoms with E-state index in [-0.39, 0.29) is 12.6 Å². The molecule has 3 aromatic rings. The van der Waals surface area contributed by atoms with Gasteiger partial charge in [0.1, 0.15) is 5.75 Å². The van der Waals surface area contributed by atoms with E-state index in [1.165, 1.54) is 5.56 Å². The molecule has 0 fully saturated rings. The Balaban J connectivity index is 1.59. The summed E-state index contributed by atoms with van der Waals surface area (Å²) in [5, 5.41) is 8.74. The number of hydrogen-bond acceptors (Lipinski definition) is 4. The maximum absolute atomic E-state index is 12.6. The Kier molecular flexibility index (Phi) is 5.59. The van der Waals surface area contributed by atoms with Crippen molar-refractivity contribution in [3.8, 4) is 5.75 Å². The minimum atomic E-state index is -0.147. The van der Waals surface area contributed by atoms with Crippen molar-refractivity contribution in [3.63, 3.8) is 0 Å². The lowest BCUT2D eigenvalue weighted by Gasteiger charge is -2.14. The Labute approximate surface area is 159 Å². The molecule has 0 bridgehead atoms. The molecule has 0 aliphatic carbocycles. The highest BCUT2D eigenvalue weighted by molar-refractivity contribution is 5.91. The number of rotatable bonds is 7. The second-order valence-electron chi connectivity index (χ2n) is 6.61. The standard InChI is InChI=1S/C20H25N5O2/c1-5-24-10-8-17(21-24)13-23(4)20(26)18-9-11-25(22-18)14-27-19-7-6-15(2)12-16(19)3/h6-12H,5,13-14H2,1-4H3. The normalized spacial score (nSPS) is 10.8. The van der Waals surface area contributed by atoms with Gasteiger partial charge in [-0.3, -0.25) is 9.48 Å². The van der Waals surface area contributed by atoms with Crippen molar-refractivity contribution < 1.29 is 9.53 Å². The Morgan fingerprint density at radius 2 is 1.89 bits per heavy atom. The molecule has 0 radical (unpaired) electrons. The van der Waals surface area contributed by atoms with Crippen LogP contribution in [-0.2, 0) is 19.8 Å². The fraction of sp³-hybridized carbons (Fsp3) is 0.350. The lowest BCUT2D eigenvalue weighted by molar-refractivity contribution is 0.0775. The Morgan fingerprint density at radius 3 is 2.59 bits per heavy atom. The van der Waals surface area contributed by atoms with Gasteiger partial charge >= 0.3 is 0 Å². The molecule has 2 aromatic heterocycles. The molecule has 7 nitrogen and oxygen atoms in total. The molecule has 0 atom stereocenters. The summed E-state index contributed by atoms with van der Waals surface area (Å²) in [6, 6.07) is 9.65. The Morgan fingerprint density at radius 1 is 1.11 bits per heavy atom. The van der Waals surface area contributed by atoms with Gasteiger partial charge in [0.2, 0.25) is 0 Å². The van der Waals surface area contributed by atoms with Crippen LogP contribution in [0.5, 0.6) is 5.75 Å². The number of carbonyl (C=O) groups is 1. The van der Waals surface area contributed by atoms with Crippen LogP contribution in [0.15, 0.2) is 42.7 Å². The second kappa shape index (κ2) is 8.07. The summed E-state index contributed by atoms with van der Waals surface area (Å²) in [7, 11) is 1.75. The van der Waals surface area contributed by atoms with Crippen molar-refractivity contribution in [2.24, 2.45) is 0 Å². The highest BCUT2D eigenvalue weighted by atomic mass is 16.5. The summed E-state index contributed by atoms with van der Waals surface area (Å²) in [5.41, 5.74) is 3.50. The van der Waals surface area contributed by atoms with Crippen molar-refractivity contribution in [2.75, 3.05) is 7.05 Å². The molecular weight excluding hydrogens is 342 g/mol. The summed E-state index contributed by atoms with van der Waals surface area (Å²) < 4.78 is 9.26. The summed E-state index contributed by atoms with van der Waals surface area (Å²) in [6.45, 7) is 7.58. The van der Waals surface area contributed by atoms with Crippen LogP contribution < -0.4 is 4.74 Å². The van der Waals surface area contributed by atoms with Crippen LogP contribution in [0.2, 0.25) is 0 Å². The number of amides is 1. The van der Waals surface area contributed by atoms with Crippen LogP contribution >= 0.6 is 0 Å². The molecule has 142 valence electrons. The predicted octanol–water partition coefficient (Wildman–Crippen LogP) is 3.03. The third-order valence-electron chi connectivity index (χ3n) is 4.31. The zero-order valence-electron chi connectivity index (χ0n) is 16.2. The Hall–Kier alpha value is -3.09. The third-order valence-corrected chi connectivity index (χ3v) is 4.31. The van der Waals surface area contributed by atoms with Crippen LogP contribution in [0.4, 0.5) is 0 Å². The van der Waals surface area contributed by atoms with E-state index in [1.807, 2.05) is 49.8 Å². The first-order valence-electron chi connectivity index (χ1n) is 8.97. The van der Waals surface area contributed by atoms with E-state index in [2.05, 4.69) is 16.3 Å². The highest BCUT2D eigenvalue weighted by Crippen LogP contribution is 2.19. The van der Waals surface area contributed by atoms with E-state index in [4.69, 9.17) is 4.74 Å². The molecule has 0 saturated carbocycles. The zero-order valence-corrected chi connectivity index (χ0v) is 16.2. The average Bonchev–Trinajstić information content (AvgIpc) is 3.29. The number of nitrogens with zero attached hydrogens (tertiary/aromatic N) is 5. The van der Waals surface area contributed by atoms with Gasteiger partial charge in [-0.15, -0.1) is 0 Å². The summed E-state index contributed by atoms with van der Waals surface area (Å²) in [6.07, 6.45) is 3.66. The van der Waals surface area contributed by atoms with Crippen molar-refractivity contribution >= 4 is 5.91 Å². The average molecular weight is 367 g/mol. The first kappa shape index (κ1) is 18.7. The summed E-state index contributed by atoms with van der Waals surface area (Å²) in [4.78, 5) is 14.2. The number of ether oxygens (including phenoxy) is 1. The fourth-order valence-electron chi connectivity index (χ4n) is 2.82. The van der Waals surface area contributed by atoms with Gasteiger partial charge < -0.3 is 9.64 Å². The highest BCUT2D eigenvalue weighted by Gasteiger charge is 2.16. The fourth-order valence-corrected chi connectivity index (χ4v) is 2.82. The van der Waals surface area contributed by atoms with Gasteiger partial charge in [-0.2, -0.15) is 10.2 Å². The minimum absolute atomic E-state index is 0.147. The van der Waals surface area contributed by atoms with Gasteiger partial charge in [-0.25, -0.2) is 4.68 Å². The lowest BCUT2D eigenvalue weighted by atomic mass is 10.1. The van der Waals surface area contributed by atoms with Crippen LogP contribution in [0.25, 0.3) is 0 Å². The summed E-state index contributed by atoms with van der Waals surface area (Å²) in [5.74, 6) is 0.666. The predicted molar refractivity (Wildman–Crippen MR) is 102 cm³/mol. The lowest BCUT2D eigenvalue weighted by Crippen LogP contribution is -2.27. The Bertz CT molecular complexity index is 928. The van der Waals surface area contributed by atoms with Crippen molar-refractivity contribution in [1.29, 1.82) is 0 Å². The van der Waals surface area contributed by atoms with Gasteiger partial charge in [-0.05, 0) is 44.5 Å². The largest absolute Gasteiger partial charge is 0.471 e. The first-order chi connectivity index (χ1) is 13.0. The molecular formula is C20H25N5O2. The monoisotopic (exact) mass is 367 g/mol. The second-order valence-corrected chi connectivity index (χ2v) is 6.61. The number of aromatic nitrogens is 4. The molecule has 27 heavy (non-hydrogen) atoms. The molecule has 3 rings (SSSR count).